The minimum absolute atomic E-state index is 0.501. The highest BCUT2D eigenvalue weighted by Gasteiger charge is 2.32. The van der Waals surface area contributed by atoms with Gasteiger partial charge in [0.15, 0.2) is 0 Å². The number of nitrogens with one attached hydrogen (secondary N) is 1. The summed E-state index contributed by atoms with van der Waals surface area (Å²) >= 11 is 0. The summed E-state index contributed by atoms with van der Waals surface area (Å²) in [6, 6.07) is 7.97. The molecule has 0 saturated carbocycles. The Hall–Kier alpha value is -0.900. The summed E-state index contributed by atoms with van der Waals surface area (Å²) in [5.74, 6) is 0. The maximum absolute atomic E-state index is 5.54. The second kappa shape index (κ2) is 6.25. The summed E-state index contributed by atoms with van der Waals surface area (Å²) < 4.78 is 5.54. The van der Waals surface area contributed by atoms with Gasteiger partial charge in [0.25, 0.3) is 0 Å². The van der Waals surface area contributed by atoms with Gasteiger partial charge in [0.1, 0.15) is 0 Å². The third kappa shape index (κ3) is 2.90. The van der Waals surface area contributed by atoms with E-state index in [2.05, 4.69) is 42.3 Å². The minimum Gasteiger partial charge on any atom is -0.379 e. The number of hydrogen-bond acceptors (Lipinski definition) is 3. The van der Waals surface area contributed by atoms with Crippen molar-refractivity contribution in [3.05, 3.63) is 34.9 Å². The molecule has 0 bridgehead atoms. The molecule has 2 saturated heterocycles. The Morgan fingerprint density at radius 3 is 2.75 bits per heavy atom. The first-order valence-corrected chi connectivity index (χ1v) is 7.88. The molecule has 1 N–H and O–H groups in total. The van der Waals surface area contributed by atoms with Crippen molar-refractivity contribution in [2.75, 3.05) is 32.8 Å². The minimum atomic E-state index is 0.501. The van der Waals surface area contributed by atoms with Crippen LogP contribution in [0.5, 0.6) is 0 Å². The zero-order valence-corrected chi connectivity index (χ0v) is 12.7. The Morgan fingerprint density at radius 1 is 1.25 bits per heavy atom. The average molecular weight is 274 g/mol. The molecule has 2 aliphatic heterocycles. The topological polar surface area (TPSA) is 24.5 Å². The SMILES string of the molecule is Cc1ccc(C)c(C(C2CCCN2)N2CCOCC2)c1. The van der Waals surface area contributed by atoms with Crippen LogP contribution >= 0.6 is 0 Å². The summed E-state index contributed by atoms with van der Waals surface area (Å²) in [6.07, 6.45) is 2.59. The number of ether oxygens (including phenoxy) is 1. The van der Waals surface area contributed by atoms with Gasteiger partial charge in [0, 0.05) is 19.1 Å². The van der Waals surface area contributed by atoms with Gasteiger partial charge in [-0.3, -0.25) is 4.90 Å². The average Bonchev–Trinajstić information content (AvgIpc) is 2.98. The lowest BCUT2D eigenvalue weighted by Gasteiger charge is -2.39. The number of rotatable bonds is 3. The predicted molar refractivity (Wildman–Crippen MR) is 82.1 cm³/mol. The quantitative estimate of drug-likeness (QED) is 0.916. The number of benzene rings is 1. The largest absolute Gasteiger partial charge is 0.379 e. The summed E-state index contributed by atoms with van der Waals surface area (Å²) in [5, 5.41) is 3.72. The van der Waals surface area contributed by atoms with Gasteiger partial charge in [-0.15, -0.1) is 0 Å². The lowest BCUT2D eigenvalue weighted by Crippen LogP contribution is -2.46. The molecule has 1 aromatic rings. The molecule has 3 rings (SSSR count). The molecule has 2 fully saturated rings. The molecular weight excluding hydrogens is 248 g/mol. The molecule has 3 nitrogen and oxygen atoms in total. The lowest BCUT2D eigenvalue weighted by molar-refractivity contribution is 0.00859. The smallest absolute Gasteiger partial charge is 0.0594 e. The first kappa shape index (κ1) is 14.1. The highest BCUT2D eigenvalue weighted by atomic mass is 16.5. The molecule has 0 spiro atoms. The summed E-state index contributed by atoms with van der Waals surface area (Å²) in [7, 11) is 0. The molecule has 1 aromatic carbocycles. The zero-order valence-electron chi connectivity index (χ0n) is 12.7. The molecule has 2 unspecified atom stereocenters. The summed E-state index contributed by atoms with van der Waals surface area (Å²) in [5.41, 5.74) is 4.29. The van der Waals surface area contributed by atoms with E-state index in [0.717, 1.165) is 32.8 Å². The van der Waals surface area contributed by atoms with Crippen LogP contribution < -0.4 is 5.32 Å². The Kier molecular flexibility index (Phi) is 4.39. The van der Waals surface area contributed by atoms with Gasteiger partial charge in [-0.1, -0.05) is 23.8 Å². The van der Waals surface area contributed by atoms with Crippen LogP contribution in [-0.4, -0.2) is 43.8 Å². The van der Waals surface area contributed by atoms with Crippen molar-refractivity contribution in [2.45, 2.75) is 38.8 Å². The molecule has 0 aliphatic carbocycles. The van der Waals surface area contributed by atoms with Crippen molar-refractivity contribution in [3.8, 4) is 0 Å². The van der Waals surface area contributed by atoms with Crippen LogP contribution in [0.15, 0.2) is 18.2 Å². The lowest BCUT2D eigenvalue weighted by atomic mass is 9.91. The molecule has 2 atom stereocenters. The van der Waals surface area contributed by atoms with Crippen LogP contribution in [0, 0.1) is 13.8 Å². The highest BCUT2D eigenvalue weighted by molar-refractivity contribution is 5.34. The van der Waals surface area contributed by atoms with Crippen LogP contribution in [-0.2, 0) is 4.74 Å². The third-order valence-corrected chi connectivity index (χ3v) is 4.67. The van der Waals surface area contributed by atoms with E-state index in [4.69, 9.17) is 4.74 Å². The van der Waals surface area contributed by atoms with E-state index in [9.17, 15) is 0 Å². The number of hydrogen-bond donors (Lipinski definition) is 1. The van der Waals surface area contributed by atoms with Gasteiger partial charge >= 0.3 is 0 Å². The molecule has 3 heteroatoms. The monoisotopic (exact) mass is 274 g/mol. The third-order valence-electron chi connectivity index (χ3n) is 4.67. The molecule has 2 aliphatic rings. The molecule has 0 amide bonds. The standard InChI is InChI=1S/C17H26N2O/c1-13-5-6-14(2)15(12-13)17(16-4-3-7-18-16)19-8-10-20-11-9-19/h5-6,12,16-18H,3-4,7-11H2,1-2H3. The van der Waals surface area contributed by atoms with Crippen LogP contribution in [0.3, 0.4) is 0 Å². The second-order valence-corrected chi connectivity index (χ2v) is 6.16. The Morgan fingerprint density at radius 2 is 2.05 bits per heavy atom. The van der Waals surface area contributed by atoms with Gasteiger partial charge in [-0.05, 0) is 44.4 Å². The second-order valence-electron chi connectivity index (χ2n) is 6.16. The molecule has 0 radical (unpaired) electrons. The van der Waals surface area contributed by atoms with Gasteiger partial charge in [-0.2, -0.15) is 0 Å². The van der Waals surface area contributed by atoms with E-state index in [1.807, 2.05) is 0 Å². The van der Waals surface area contributed by atoms with E-state index in [1.165, 1.54) is 29.5 Å². The Labute approximate surface area is 122 Å². The Bertz CT molecular complexity index is 448. The van der Waals surface area contributed by atoms with Crippen molar-refractivity contribution < 1.29 is 4.74 Å². The number of morpholine rings is 1. The Balaban J connectivity index is 1.92. The fourth-order valence-corrected chi connectivity index (χ4v) is 3.58. The van der Waals surface area contributed by atoms with Gasteiger partial charge in [0.2, 0.25) is 0 Å². The fraction of sp³-hybridized carbons (Fsp3) is 0.647. The number of aryl methyl sites for hydroxylation is 2. The molecular formula is C17H26N2O. The first-order chi connectivity index (χ1) is 9.75. The summed E-state index contributed by atoms with van der Waals surface area (Å²) in [6.45, 7) is 9.45. The molecule has 20 heavy (non-hydrogen) atoms. The highest BCUT2D eigenvalue weighted by Crippen LogP contribution is 2.32. The zero-order chi connectivity index (χ0) is 13.9. The van der Waals surface area contributed by atoms with Crippen LogP contribution in [0.25, 0.3) is 0 Å². The van der Waals surface area contributed by atoms with E-state index in [0.29, 0.717) is 12.1 Å². The summed E-state index contributed by atoms with van der Waals surface area (Å²) in [4.78, 5) is 2.62. The van der Waals surface area contributed by atoms with Crippen LogP contribution in [0.1, 0.15) is 35.6 Å². The van der Waals surface area contributed by atoms with Gasteiger partial charge in [0.05, 0.1) is 19.3 Å². The van der Waals surface area contributed by atoms with Crippen LogP contribution in [0.4, 0.5) is 0 Å². The van der Waals surface area contributed by atoms with Gasteiger partial charge in [-0.25, -0.2) is 0 Å². The molecule has 0 aromatic heterocycles. The van der Waals surface area contributed by atoms with E-state index in [-0.39, 0.29) is 0 Å². The van der Waals surface area contributed by atoms with E-state index < -0.39 is 0 Å². The van der Waals surface area contributed by atoms with Crippen molar-refractivity contribution in [1.29, 1.82) is 0 Å². The maximum atomic E-state index is 5.54. The first-order valence-electron chi connectivity index (χ1n) is 7.88. The molecule has 110 valence electrons. The normalized spacial score (nSPS) is 25.8. The fourth-order valence-electron chi connectivity index (χ4n) is 3.58. The van der Waals surface area contributed by atoms with Crippen molar-refractivity contribution in [3.63, 3.8) is 0 Å². The van der Waals surface area contributed by atoms with Crippen molar-refractivity contribution in [2.24, 2.45) is 0 Å². The van der Waals surface area contributed by atoms with Crippen LogP contribution in [0.2, 0.25) is 0 Å². The van der Waals surface area contributed by atoms with E-state index in [1.54, 1.807) is 0 Å². The van der Waals surface area contributed by atoms with Gasteiger partial charge < -0.3 is 10.1 Å². The maximum Gasteiger partial charge on any atom is 0.0594 e. The van der Waals surface area contributed by atoms with E-state index >= 15 is 0 Å². The molecule has 2 heterocycles. The van der Waals surface area contributed by atoms with Crippen molar-refractivity contribution in [1.82, 2.24) is 10.2 Å². The van der Waals surface area contributed by atoms with Crippen molar-refractivity contribution >= 4 is 0 Å². The predicted octanol–water partition coefficient (Wildman–Crippen LogP) is 2.43. The number of nitrogens with zero attached hydrogens (tertiary/aromatic N) is 1.